The van der Waals surface area contributed by atoms with Gasteiger partial charge in [-0.15, -0.1) is 0 Å². The van der Waals surface area contributed by atoms with Crippen LogP contribution in [0, 0.1) is 0 Å². The minimum Gasteiger partial charge on any atom is -0.409 e. The Morgan fingerprint density at radius 3 is 2.38 bits per heavy atom. The fourth-order valence-electron chi connectivity index (χ4n) is 4.17. The molecule has 1 heterocycles. The van der Waals surface area contributed by atoms with Crippen LogP contribution >= 0.6 is 0 Å². The Kier molecular flexibility index (Phi) is 7.27. The normalized spacial score (nSPS) is 14.5. The SMILES string of the molecule is NC(=NO)c1cccc(CN(NC(=O)c2ccc3ccccc3c2)C(=O)N2CCCCCC2)c1. The zero-order chi connectivity index (χ0) is 23.9. The number of carbonyl (C=O) groups excluding carboxylic acids is 2. The topological polar surface area (TPSA) is 111 Å². The van der Waals surface area contributed by atoms with Crippen molar-refractivity contribution in [2.45, 2.75) is 32.2 Å². The number of nitrogens with one attached hydrogen (secondary N) is 1. The second-order valence-corrected chi connectivity index (χ2v) is 8.46. The zero-order valence-corrected chi connectivity index (χ0v) is 19.0. The average Bonchev–Trinajstić information content (AvgIpc) is 3.17. The number of carbonyl (C=O) groups is 2. The molecular weight excluding hydrogens is 430 g/mol. The standard InChI is InChI=1S/C26H29N5O3/c27-24(29-34)22-11-7-8-19(16-22)18-31(26(33)30-14-5-1-2-6-15-30)28-25(32)23-13-12-20-9-3-4-10-21(20)17-23/h3-4,7-13,16-17,34H,1-2,5-6,14-15,18H2,(H2,27,29)(H,28,32). The van der Waals surface area contributed by atoms with Gasteiger partial charge in [-0.2, -0.15) is 0 Å². The molecule has 0 aliphatic carbocycles. The number of urea groups is 1. The van der Waals surface area contributed by atoms with Gasteiger partial charge in [0.05, 0.1) is 6.54 Å². The van der Waals surface area contributed by atoms with E-state index in [1.165, 1.54) is 5.01 Å². The van der Waals surface area contributed by atoms with Crippen LogP contribution in [-0.4, -0.2) is 46.0 Å². The summed E-state index contributed by atoms with van der Waals surface area (Å²) in [4.78, 5) is 28.4. The van der Waals surface area contributed by atoms with Gasteiger partial charge in [0.1, 0.15) is 0 Å². The lowest BCUT2D eigenvalue weighted by Crippen LogP contribution is -2.51. The Morgan fingerprint density at radius 2 is 1.65 bits per heavy atom. The molecule has 0 bridgehead atoms. The van der Waals surface area contributed by atoms with Crippen molar-refractivity contribution in [3.63, 3.8) is 0 Å². The molecule has 0 aromatic heterocycles. The van der Waals surface area contributed by atoms with Crippen LogP contribution < -0.4 is 11.2 Å². The van der Waals surface area contributed by atoms with E-state index >= 15 is 0 Å². The van der Waals surface area contributed by atoms with Gasteiger partial charge in [0.2, 0.25) is 0 Å². The molecule has 4 N–H and O–H groups in total. The van der Waals surface area contributed by atoms with Gasteiger partial charge in [0.25, 0.3) is 5.91 Å². The number of hydrazine groups is 1. The third kappa shape index (κ3) is 5.46. The second-order valence-electron chi connectivity index (χ2n) is 8.46. The van der Waals surface area contributed by atoms with E-state index in [-0.39, 0.29) is 24.3 Å². The number of nitrogens with zero attached hydrogens (tertiary/aromatic N) is 3. The summed E-state index contributed by atoms with van der Waals surface area (Å²) in [5.74, 6) is -0.381. The maximum atomic E-state index is 13.5. The highest BCUT2D eigenvalue weighted by atomic mass is 16.4. The Labute approximate surface area is 198 Å². The molecule has 0 spiro atoms. The van der Waals surface area contributed by atoms with Crippen molar-refractivity contribution in [2.24, 2.45) is 10.9 Å². The molecule has 0 unspecified atom stereocenters. The molecule has 34 heavy (non-hydrogen) atoms. The highest BCUT2D eigenvalue weighted by Crippen LogP contribution is 2.17. The van der Waals surface area contributed by atoms with E-state index in [0.717, 1.165) is 42.0 Å². The van der Waals surface area contributed by atoms with Gasteiger partial charge in [-0.1, -0.05) is 66.5 Å². The van der Waals surface area contributed by atoms with Crippen LogP contribution in [0.25, 0.3) is 10.8 Å². The molecule has 1 aliphatic heterocycles. The summed E-state index contributed by atoms with van der Waals surface area (Å²) in [6.45, 7) is 1.46. The lowest BCUT2D eigenvalue weighted by molar-refractivity contribution is 0.0768. The molecular formula is C26H29N5O3. The number of hydrogen-bond donors (Lipinski definition) is 3. The van der Waals surface area contributed by atoms with E-state index in [2.05, 4.69) is 10.6 Å². The summed E-state index contributed by atoms with van der Waals surface area (Å²) in [5, 5.41) is 15.4. The maximum Gasteiger partial charge on any atom is 0.339 e. The number of hydrogen-bond acceptors (Lipinski definition) is 4. The van der Waals surface area contributed by atoms with Gasteiger partial charge in [0, 0.05) is 24.2 Å². The highest BCUT2D eigenvalue weighted by Gasteiger charge is 2.24. The Balaban J connectivity index is 1.59. The van der Waals surface area contributed by atoms with Gasteiger partial charge in [-0.3, -0.25) is 10.2 Å². The van der Waals surface area contributed by atoms with E-state index < -0.39 is 0 Å². The first kappa shape index (κ1) is 23.1. The minimum absolute atomic E-state index is 0.0209. The lowest BCUT2D eigenvalue weighted by Gasteiger charge is -2.30. The monoisotopic (exact) mass is 459 g/mol. The summed E-state index contributed by atoms with van der Waals surface area (Å²) in [6, 6.07) is 20.1. The maximum absolute atomic E-state index is 13.5. The van der Waals surface area contributed by atoms with Crippen LogP contribution in [0.5, 0.6) is 0 Å². The Morgan fingerprint density at radius 1 is 0.912 bits per heavy atom. The number of amidine groups is 1. The molecule has 3 aromatic rings. The van der Waals surface area contributed by atoms with Crippen molar-refractivity contribution < 1.29 is 14.8 Å². The molecule has 4 rings (SSSR count). The highest BCUT2D eigenvalue weighted by molar-refractivity contribution is 5.99. The minimum atomic E-state index is -0.360. The number of nitrogens with two attached hydrogens (primary N) is 1. The zero-order valence-electron chi connectivity index (χ0n) is 19.0. The summed E-state index contributed by atoms with van der Waals surface area (Å²) < 4.78 is 0. The van der Waals surface area contributed by atoms with Crippen LogP contribution in [0.4, 0.5) is 4.79 Å². The van der Waals surface area contributed by atoms with Crippen molar-refractivity contribution in [2.75, 3.05) is 13.1 Å². The van der Waals surface area contributed by atoms with Crippen LogP contribution in [0.2, 0.25) is 0 Å². The molecule has 176 valence electrons. The van der Waals surface area contributed by atoms with Crippen LogP contribution in [0.15, 0.2) is 71.9 Å². The molecule has 0 radical (unpaired) electrons. The molecule has 0 atom stereocenters. The van der Waals surface area contributed by atoms with E-state index in [4.69, 9.17) is 10.9 Å². The van der Waals surface area contributed by atoms with Crippen molar-refractivity contribution in [1.29, 1.82) is 0 Å². The number of likely N-dealkylation sites (tertiary alicyclic amines) is 1. The number of amides is 3. The average molecular weight is 460 g/mol. The predicted molar refractivity (Wildman–Crippen MR) is 131 cm³/mol. The van der Waals surface area contributed by atoms with Crippen molar-refractivity contribution in [3.05, 3.63) is 83.4 Å². The van der Waals surface area contributed by atoms with Crippen molar-refractivity contribution in [3.8, 4) is 0 Å². The van der Waals surface area contributed by atoms with Gasteiger partial charge in [0.15, 0.2) is 5.84 Å². The van der Waals surface area contributed by atoms with Crippen molar-refractivity contribution in [1.82, 2.24) is 15.3 Å². The molecule has 8 nitrogen and oxygen atoms in total. The number of benzene rings is 3. The fraction of sp³-hybridized carbons (Fsp3) is 0.269. The first-order valence-corrected chi connectivity index (χ1v) is 11.5. The molecule has 0 saturated carbocycles. The van der Waals surface area contributed by atoms with Gasteiger partial charge in [-0.25, -0.2) is 9.80 Å². The molecule has 1 aliphatic rings. The number of rotatable bonds is 4. The van der Waals surface area contributed by atoms with Gasteiger partial charge >= 0.3 is 6.03 Å². The van der Waals surface area contributed by atoms with E-state index in [1.807, 2.05) is 42.5 Å². The fourth-order valence-corrected chi connectivity index (χ4v) is 4.17. The van der Waals surface area contributed by atoms with E-state index in [1.54, 1.807) is 29.2 Å². The summed E-state index contributed by atoms with van der Waals surface area (Å²) in [6.07, 6.45) is 4.07. The third-order valence-corrected chi connectivity index (χ3v) is 6.03. The summed E-state index contributed by atoms with van der Waals surface area (Å²) in [5.41, 5.74) is 10.3. The van der Waals surface area contributed by atoms with Crippen LogP contribution in [0.3, 0.4) is 0 Å². The van der Waals surface area contributed by atoms with Crippen molar-refractivity contribution >= 4 is 28.5 Å². The number of fused-ring (bicyclic) bond motifs is 1. The first-order valence-electron chi connectivity index (χ1n) is 11.5. The van der Waals surface area contributed by atoms with Crippen LogP contribution in [-0.2, 0) is 6.54 Å². The number of oxime groups is 1. The lowest BCUT2D eigenvalue weighted by atomic mass is 10.1. The third-order valence-electron chi connectivity index (χ3n) is 6.03. The quantitative estimate of drug-likeness (QED) is 0.236. The van der Waals surface area contributed by atoms with Gasteiger partial charge < -0.3 is 15.8 Å². The summed E-state index contributed by atoms with van der Waals surface area (Å²) >= 11 is 0. The Bertz CT molecular complexity index is 1200. The second kappa shape index (κ2) is 10.7. The Hall–Kier alpha value is -4.07. The first-order chi connectivity index (χ1) is 16.5. The summed E-state index contributed by atoms with van der Waals surface area (Å²) in [7, 11) is 0. The molecule has 8 heteroatoms. The molecule has 1 fully saturated rings. The smallest absolute Gasteiger partial charge is 0.339 e. The predicted octanol–water partition coefficient (Wildman–Crippen LogP) is 4.08. The molecule has 3 aromatic carbocycles. The molecule has 1 saturated heterocycles. The van der Waals surface area contributed by atoms with Crippen LogP contribution in [0.1, 0.15) is 47.2 Å². The van der Waals surface area contributed by atoms with Gasteiger partial charge in [-0.05, 0) is 47.4 Å². The largest absolute Gasteiger partial charge is 0.409 e. The van der Waals surface area contributed by atoms with E-state index in [9.17, 15) is 9.59 Å². The van der Waals surface area contributed by atoms with E-state index in [0.29, 0.717) is 24.2 Å². The molecule has 3 amide bonds.